The number of aryl methyl sites for hydroxylation is 2. The number of nitrogen functional groups attached to an aromatic ring is 1. The number of nitrogens with one attached hydrogen (secondary N) is 1. The molecule has 3 aromatic heterocycles. The number of carbonyl (C=O) groups is 1. The van der Waals surface area contributed by atoms with Gasteiger partial charge in [-0.15, -0.1) is 5.10 Å². The SMILES string of the molecule is Cc1ccc(C=NNC(=O)c2c(C)nnn2-c2nonc2N)o1. The predicted molar refractivity (Wildman–Crippen MR) is 76.9 cm³/mol. The Morgan fingerprint density at radius 2 is 2.22 bits per heavy atom. The van der Waals surface area contributed by atoms with Gasteiger partial charge in [0, 0.05) is 0 Å². The molecule has 0 unspecified atom stereocenters. The van der Waals surface area contributed by atoms with Gasteiger partial charge in [-0.05, 0) is 36.3 Å². The molecule has 0 radical (unpaired) electrons. The van der Waals surface area contributed by atoms with E-state index >= 15 is 0 Å². The van der Waals surface area contributed by atoms with Crippen molar-refractivity contribution in [1.82, 2.24) is 30.7 Å². The summed E-state index contributed by atoms with van der Waals surface area (Å²) < 4.78 is 10.9. The Labute approximate surface area is 129 Å². The number of nitrogens with two attached hydrogens (primary N) is 1. The molecule has 3 rings (SSSR count). The molecule has 3 N–H and O–H groups in total. The smallest absolute Gasteiger partial charge is 0.292 e. The van der Waals surface area contributed by atoms with E-state index in [2.05, 4.69) is 35.8 Å². The van der Waals surface area contributed by atoms with Crippen LogP contribution in [0.25, 0.3) is 5.82 Å². The van der Waals surface area contributed by atoms with Crippen LogP contribution in [0.15, 0.2) is 26.3 Å². The summed E-state index contributed by atoms with van der Waals surface area (Å²) in [6.07, 6.45) is 1.38. The molecule has 118 valence electrons. The summed E-state index contributed by atoms with van der Waals surface area (Å²) in [5, 5.41) is 18.5. The molecular weight excluding hydrogens is 304 g/mol. The topological polar surface area (TPSA) is 150 Å². The zero-order chi connectivity index (χ0) is 16.4. The highest BCUT2D eigenvalue weighted by Gasteiger charge is 2.22. The minimum Gasteiger partial charge on any atom is -0.460 e. The molecule has 23 heavy (non-hydrogen) atoms. The van der Waals surface area contributed by atoms with Gasteiger partial charge in [-0.3, -0.25) is 4.79 Å². The van der Waals surface area contributed by atoms with Crippen molar-refractivity contribution < 1.29 is 13.8 Å². The van der Waals surface area contributed by atoms with Gasteiger partial charge in [0.25, 0.3) is 5.91 Å². The molecule has 0 atom stereocenters. The average molecular weight is 316 g/mol. The second kappa shape index (κ2) is 5.71. The Morgan fingerprint density at radius 3 is 2.87 bits per heavy atom. The first-order valence-corrected chi connectivity index (χ1v) is 6.47. The third-order valence-corrected chi connectivity index (χ3v) is 2.87. The van der Waals surface area contributed by atoms with E-state index < -0.39 is 5.91 Å². The monoisotopic (exact) mass is 316 g/mol. The van der Waals surface area contributed by atoms with E-state index in [4.69, 9.17) is 10.2 Å². The van der Waals surface area contributed by atoms with E-state index in [-0.39, 0.29) is 17.3 Å². The molecule has 11 heteroatoms. The van der Waals surface area contributed by atoms with Gasteiger partial charge < -0.3 is 10.2 Å². The van der Waals surface area contributed by atoms with Gasteiger partial charge in [-0.25, -0.2) is 10.1 Å². The van der Waals surface area contributed by atoms with Crippen molar-refractivity contribution >= 4 is 17.9 Å². The van der Waals surface area contributed by atoms with E-state index in [9.17, 15) is 4.79 Å². The molecule has 0 bridgehead atoms. The number of rotatable bonds is 4. The lowest BCUT2D eigenvalue weighted by molar-refractivity contribution is 0.0946. The second-order valence-electron chi connectivity index (χ2n) is 4.56. The lowest BCUT2D eigenvalue weighted by atomic mass is 10.3. The van der Waals surface area contributed by atoms with Crippen LogP contribution in [0.5, 0.6) is 0 Å². The largest absolute Gasteiger partial charge is 0.460 e. The first kappa shape index (κ1) is 14.4. The minimum absolute atomic E-state index is 0.0153. The Balaban J connectivity index is 1.81. The van der Waals surface area contributed by atoms with Gasteiger partial charge in [0.1, 0.15) is 11.5 Å². The van der Waals surface area contributed by atoms with Crippen molar-refractivity contribution in [3.63, 3.8) is 0 Å². The van der Waals surface area contributed by atoms with Gasteiger partial charge in [0.15, 0.2) is 5.69 Å². The van der Waals surface area contributed by atoms with E-state index in [1.807, 2.05) is 0 Å². The van der Waals surface area contributed by atoms with Crippen LogP contribution in [0.1, 0.15) is 27.7 Å². The molecule has 11 nitrogen and oxygen atoms in total. The zero-order valence-corrected chi connectivity index (χ0v) is 12.2. The Bertz CT molecular complexity index is 875. The van der Waals surface area contributed by atoms with Gasteiger partial charge in [0.2, 0.25) is 11.6 Å². The van der Waals surface area contributed by atoms with Crippen molar-refractivity contribution in [3.05, 3.63) is 35.0 Å². The highest BCUT2D eigenvalue weighted by atomic mass is 16.6. The average Bonchev–Trinajstić information content (AvgIpc) is 3.20. The number of hydrazone groups is 1. The Hall–Kier alpha value is -3.50. The van der Waals surface area contributed by atoms with Gasteiger partial charge in [0.05, 0.1) is 11.9 Å². The zero-order valence-electron chi connectivity index (χ0n) is 12.2. The van der Waals surface area contributed by atoms with Crippen LogP contribution in [0.2, 0.25) is 0 Å². The molecule has 0 aromatic carbocycles. The number of furan rings is 1. The standard InChI is InChI=1S/C12H12N8O3/c1-6-3-4-8(22-6)5-14-16-12(21)9-7(2)15-19-20(9)11-10(13)17-23-18-11/h3-5H,1-2H3,(H2,13,17)(H,16,21). The number of nitrogens with zero attached hydrogens (tertiary/aromatic N) is 6. The highest BCUT2D eigenvalue weighted by Crippen LogP contribution is 2.14. The number of anilines is 1. The predicted octanol–water partition coefficient (Wildman–Crippen LogP) is 0.206. The fourth-order valence-electron chi connectivity index (χ4n) is 1.83. The maximum atomic E-state index is 12.3. The van der Waals surface area contributed by atoms with Gasteiger partial charge in [-0.1, -0.05) is 5.21 Å². The third-order valence-electron chi connectivity index (χ3n) is 2.87. The number of carbonyl (C=O) groups excluding carboxylic acids is 1. The number of hydrogen-bond donors (Lipinski definition) is 2. The van der Waals surface area contributed by atoms with Crippen molar-refractivity contribution in [2.45, 2.75) is 13.8 Å². The van der Waals surface area contributed by atoms with Crippen LogP contribution in [0, 0.1) is 13.8 Å². The highest BCUT2D eigenvalue weighted by molar-refractivity contribution is 5.94. The van der Waals surface area contributed by atoms with Crippen LogP contribution in [-0.4, -0.2) is 37.4 Å². The summed E-state index contributed by atoms with van der Waals surface area (Å²) in [7, 11) is 0. The van der Waals surface area contributed by atoms with Crippen molar-refractivity contribution in [1.29, 1.82) is 0 Å². The van der Waals surface area contributed by atoms with Crippen LogP contribution < -0.4 is 11.2 Å². The van der Waals surface area contributed by atoms with E-state index in [0.717, 1.165) is 10.4 Å². The Kier molecular flexibility index (Phi) is 3.58. The van der Waals surface area contributed by atoms with E-state index in [1.165, 1.54) is 6.21 Å². The summed E-state index contributed by atoms with van der Waals surface area (Å²) in [4.78, 5) is 12.3. The van der Waals surface area contributed by atoms with Crippen LogP contribution >= 0.6 is 0 Å². The fourth-order valence-corrected chi connectivity index (χ4v) is 1.83. The molecule has 0 spiro atoms. The van der Waals surface area contributed by atoms with Crippen LogP contribution in [0.4, 0.5) is 5.82 Å². The summed E-state index contributed by atoms with van der Waals surface area (Å²) in [6, 6.07) is 3.51. The first-order valence-electron chi connectivity index (χ1n) is 6.47. The molecule has 3 aromatic rings. The molecule has 1 amide bonds. The summed E-state index contributed by atoms with van der Waals surface area (Å²) >= 11 is 0. The molecule has 0 saturated carbocycles. The van der Waals surface area contributed by atoms with Crippen LogP contribution in [-0.2, 0) is 0 Å². The third kappa shape index (κ3) is 2.79. The van der Waals surface area contributed by atoms with E-state index in [0.29, 0.717) is 11.5 Å². The molecule has 3 heterocycles. The maximum absolute atomic E-state index is 12.3. The molecule has 0 aliphatic carbocycles. The second-order valence-corrected chi connectivity index (χ2v) is 4.56. The first-order chi connectivity index (χ1) is 11.1. The van der Waals surface area contributed by atoms with Crippen molar-refractivity contribution in [2.24, 2.45) is 5.10 Å². The number of amides is 1. The van der Waals surface area contributed by atoms with Crippen molar-refractivity contribution in [3.8, 4) is 5.82 Å². The number of hydrogen-bond acceptors (Lipinski definition) is 9. The van der Waals surface area contributed by atoms with E-state index in [1.54, 1.807) is 26.0 Å². The lowest BCUT2D eigenvalue weighted by Gasteiger charge is -2.02. The summed E-state index contributed by atoms with van der Waals surface area (Å²) in [5.41, 5.74) is 8.44. The lowest BCUT2D eigenvalue weighted by Crippen LogP contribution is -2.22. The number of aromatic nitrogens is 5. The summed E-state index contributed by atoms with van der Waals surface area (Å²) in [5.74, 6) is 0.760. The van der Waals surface area contributed by atoms with Gasteiger partial charge in [-0.2, -0.15) is 9.78 Å². The molecule has 0 aliphatic rings. The summed E-state index contributed by atoms with van der Waals surface area (Å²) in [6.45, 7) is 3.42. The normalized spacial score (nSPS) is 11.2. The van der Waals surface area contributed by atoms with Crippen molar-refractivity contribution in [2.75, 3.05) is 5.73 Å². The quantitative estimate of drug-likeness (QED) is 0.512. The molecule has 0 fully saturated rings. The van der Waals surface area contributed by atoms with Crippen LogP contribution in [0.3, 0.4) is 0 Å². The Morgan fingerprint density at radius 1 is 1.39 bits per heavy atom. The molecular formula is C12H12N8O3. The molecule has 0 saturated heterocycles. The molecule has 0 aliphatic heterocycles. The minimum atomic E-state index is -0.547. The fraction of sp³-hybridized carbons (Fsp3) is 0.167. The van der Waals surface area contributed by atoms with Gasteiger partial charge >= 0.3 is 0 Å². The maximum Gasteiger partial charge on any atom is 0.292 e.